The summed E-state index contributed by atoms with van der Waals surface area (Å²) in [6.45, 7) is 0. The van der Waals surface area contributed by atoms with Crippen molar-refractivity contribution in [3.8, 4) is 11.8 Å². The lowest BCUT2D eigenvalue weighted by Gasteiger charge is -2.10. The quantitative estimate of drug-likeness (QED) is 0.435. The summed E-state index contributed by atoms with van der Waals surface area (Å²) in [6.07, 6.45) is 6.85. The molecule has 5 heteroatoms. The van der Waals surface area contributed by atoms with Gasteiger partial charge in [-0.15, -0.1) is 0 Å². The molecule has 0 unspecified atom stereocenters. The molecule has 2 N–H and O–H groups in total. The summed E-state index contributed by atoms with van der Waals surface area (Å²) in [5.41, 5.74) is 4.30. The maximum atomic E-state index is 12.1. The minimum Gasteiger partial charge on any atom is -0.481 e. The van der Waals surface area contributed by atoms with Gasteiger partial charge in [-0.2, -0.15) is 0 Å². The Balaban J connectivity index is 1.72. The van der Waals surface area contributed by atoms with Crippen LogP contribution < -0.4 is 5.32 Å². The molecule has 0 aliphatic heterocycles. The number of carbonyl (C=O) groups is 2. The van der Waals surface area contributed by atoms with Gasteiger partial charge in [-0.1, -0.05) is 48.4 Å². The second-order valence-electron chi connectivity index (χ2n) is 6.79. The number of aliphatic carboxylic acids is 1. The number of anilines is 1. The molecule has 0 aliphatic rings. The van der Waals surface area contributed by atoms with Crippen LogP contribution >= 0.6 is 0 Å². The SMILES string of the molecule is O=C(O)CCC/C=C(/c1ccc(NC(=O)C#Cc2ccccc2)cc1)c1cccnc1. The van der Waals surface area contributed by atoms with Crippen LogP contribution in [0.2, 0.25) is 0 Å². The van der Waals surface area contributed by atoms with Crippen molar-refractivity contribution in [1.29, 1.82) is 0 Å². The number of benzene rings is 2. The first-order valence-corrected chi connectivity index (χ1v) is 9.92. The largest absolute Gasteiger partial charge is 0.481 e. The lowest BCUT2D eigenvalue weighted by Crippen LogP contribution is -2.08. The van der Waals surface area contributed by atoms with E-state index in [1.165, 1.54) is 0 Å². The number of nitrogens with zero attached hydrogens (tertiary/aromatic N) is 1. The van der Waals surface area contributed by atoms with Crippen LogP contribution in [0, 0.1) is 11.8 Å². The highest BCUT2D eigenvalue weighted by Gasteiger charge is 2.07. The smallest absolute Gasteiger partial charge is 0.303 e. The number of pyridine rings is 1. The van der Waals surface area contributed by atoms with E-state index in [0.717, 1.165) is 22.3 Å². The highest BCUT2D eigenvalue weighted by Crippen LogP contribution is 2.25. The van der Waals surface area contributed by atoms with Crippen molar-refractivity contribution in [3.63, 3.8) is 0 Å². The summed E-state index contributed by atoms with van der Waals surface area (Å²) in [5.74, 6) is 4.24. The number of unbranched alkanes of at least 4 members (excludes halogenated alkanes) is 1. The summed E-state index contributed by atoms with van der Waals surface area (Å²) in [5, 5.41) is 11.6. The average molecular weight is 410 g/mol. The molecule has 0 fully saturated rings. The third-order valence-corrected chi connectivity index (χ3v) is 4.46. The standard InChI is InChI=1S/C26H22N2O3/c29-25(17-12-20-7-2-1-3-8-20)28-23-15-13-21(14-16-23)24(10-4-5-11-26(30)31)22-9-6-18-27-19-22/h1-3,6-10,13-16,18-19H,4-5,11H2,(H,28,29)(H,30,31)/b24-10-. The van der Waals surface area contributed by atoms with Gasteiger partial charge in [0, 0.05) is 41.5 Å². The predicted molar refractivity (Wildman–Crippen MR) is 121 cm³/mol. The molecule has 0 atom stereocenters. The molecule has 154 valence electrons. The molecule has 1 aromatic heterocycles. The van der Waals surface area contributed by atoms with Crippen LogP contribution in [-0.4, -0.2) is 22.0 Å². The maximum absolute atomic E-state index is 12.1. The summed E-state index contributed by atoms with van der Waals surface area (Å²) < 4.78 is 0. The monoisotopic (exact) mass is 410 g/mol. The summed E-state index contributed by atoms with van der Waals surface area (Å²) in [6, 6.07) is 20.6. The number of allylic oxidation sites excluding steroid dienone is 1. The van der Waals surface area contributed by atoms with Crippen LogP contribution in [0.5, 0.6) is 0 Å². The zero-order valence-electron chi connectivity index (χ0n) is 16.9. The summed E-state index contributed by atoms with van der Waals surface area (Å²) >= 11 is 0. The highest BCUT2D eigenvalue weighted by molar-refractivity contribution is 6.04. The number of carboxylic acid groups (broad SMARTS) is 1. The van der Waals surface area contributed by atoms with Crippen molar-refractivity contribution < 1.29 is 14.7 Å². The number of carboxylic acids is 1. The van der Waals surface area contributed by atoms with E-state index in [9.17, 15) is 9.59 Å². The lowest BCUT2D eigenvalue weighted by molar-refractivity contribution is -0.137. The molecular weight excluding hydrogens is 388 g/mol. The number of nitrogens with one attached hydrogen (secondary N) is 1. The van der Waals surface area contributed by atoms with E-state index in [-0.39, 0.29) is 12.3 Å². The van der Waals surface area contributed by atoms with E-state index in [1.807, 2.05) is 72.8 Å². The fourth-order valence-electron chi connectivity index (χ4n) is 2.97. The van der Waals surface area contributed by atoms with E-state index in [2.05, 4.69) is 22.1 Å². The average Bonchev–Trinajstić information content (AvgIpc) is 2.80. The molecule has 0 radical (unpaired) electrons. The fourth-order valence-corrected chi connectivity index (χ4v) is 2.97. The molecule has 5 nitrogen and oxygen atoms in total. The van der Waals surface area contributed by atoms with Crippen molar-refractivity contribution in [2.75, 3.05) is 5.32 Å². The van der Waals surface area contributed by atoms with Crippen LogP contribution in [0.4, 0.5) is 5.69 Å². The molecule has 0 bridgehead atoms. The Hall–Kier alpha value is -4.17. The molecule has 0 aliphatic carbocycles. The molecule has 31 heavy (non-hydrogen) atoms. The first-order chi connectivity index (χ1) is 15.1. The zero-order chi connectivity index (χ0) is 21.9. The van der Waals surface area contributed by atoms with Gasteiger partial charge in [0.15, 0.2) is 0 Å². The molecule has 1 heterocycles. The van der Waals surface area contributed by atoms with Crippen molar-refractivity contribution in [1.82, 2.24) is 4.98 Å². The van der Waals surface area contributed by atoms with Crippen molar-refractivity contribution in [3.05, 3.63) is 102 Å². The number of aromatic nitrogens is 1. The number of rotatable bonds is 7. The Kier molecular flexibility index (Phi) is 7.73. The van der Waals surface area contributed by atoms with Gasteiger partial charge >= 0.3 is 11.9 Å². The number of hydrogen-bond acceptors (Lipinski definition) is 3. The third-order valence-electron chi connectivity index (χ3n) is 4.46. The summed E-state index contributed by atoms with van der Waals surface area (Å²) in [4.78, 5) is 27.0. The van der Waals surface area contributed by atoms with E-state index >= 15 is 0 Å². The predicted octanol–water partition coefficient (Wildman–Crippen LogP) is 4.76. The van der Waals surface area contributed by atoms with Gasteiger partial charge in [0.25, 0.3) is 0 Å². The van der Waals surface area contributed by atoms with E-state index < -0.39 is 5.97 Å². The van der Waals surface area contributed by atoms with Gasteiger partial charge in [-0.05, 0) is 54.3 Å². The normalized spacial score (nSPS) is 10.6. The van der Waals surface area contributed by atoms with Crippen LogP contribution in [-0.2, 0) is 9.59 Å². The summed E-state index contributed by atoms with van der Waals surface area (Å²) in [7, 11) is 0. The van der Waals surface area contributed by atoms with Gasteiger partial charge in [0.1, 0.15) is 0 Å². The minimum absolute atomic E-state index is 0.131. The highest BCUT2D eigenvalue weighted by atomic mass is 16.4. The Morgan fingerprint density at radius 3 is 2.42 bits per heavy atom. The number of amides is 1. The Morgan fingerprint density at radius 2 is 1.74 bits per heavy atom. The molecule has 1 amide bonds. The first kappa shape index (κ1) is 21.5. The Morgan fingerprint density at radius 1 is 0.968 bits per heavy atom. The van der Waals surface area contributed by atoms with E-state index in [1.54, 1.807) is 12.4 Å². The van der Waals surface area contributed by atoms with Gasteiger partial charge in [-0.3, -0.25) is 14.6 Å². The fraction of sp³-hybridized carbons (Fsp3) is 0.115. The first-order valence-electron chi connectivity index (χ1n) is 9.92. The van der Waals surface area contributed by atoms with Gasteiger partial charge in [-0.25, -0.2) is 0 Å². The van der Waals surface area contributed by atoms with Gasteiger partial charge in [0.2, 0.25) is 0 Å². The van der Waals surface area contributed by atoms with Crippen LogP contribution in [0.1, 0.15) is 36.0 Å². The van der Waals surface area contributed by atoms with Crippen molar-refractivity contribution in [2.24, 2.45) is 0 Å². The Labute approximate surface area is 181 Å². The van der Waals surface area contributed by atoms with Crippen LogP contribution in [0.25, 0.3) is 5.57 Å². The van der Waals surface area contributed by atoms with Crippen LogP contribution in [0.15, 0.2) is 85.2 Å². The third kappa shape index (κ3) is 6.98. The van der Waals surface area contributed by atoms with E-state index in [4.69, 9.17) is 5.11 Å². The molecular formula is C26H22N2O3. The molecule has 3 rings (SSSR count). The number of carbonyl (C=O) groups excluding carboxylic acids is 1. The molecule has 3 aromatic rings. The molecule has 0 saturated heterocycles. The molecule has 0 spiro atoms. The van der Waals surface area contributed by atoms with Crippen molar-refractivity contribution in [2.45, 2.75) is 19.3 Å². The molecule has 0 saturated carbocycles. The number of hydrogen-bond donors (Lipinski definition) is 2. The Bertz CT molecular complexity index is 1110. The van der Waals surface area contributed by atoms with Crippen molar-refractivity contribution >= 4 is 23.1 Å². The molecule has 2 aromatic carbocycles. The lowest BCUT2D eigenvalue weighted by atomic mass is 9.97. The van der Waals surface area contributed by atoms with Crippen LogP contribution in [0.3, 0.4) is 0 Å². The topological polar surface area (TPSA) is 79.3 Å². The zero-order valence-corrected chi connectivity index (χ0v) is 16.9. The van der Waals surface area contributed by atoms with Gasteiger partial charge in [0.05, 0.1) is 0 Å². The van der Waals surface area contributed by atoms with E-state index in [0.29, 0.717) is 18.5 Å². The maximum Gasteiger partial charge on any atom is 0.303 e. The second kappa shape index (κ2) is 11.1. The minimum atomic E-state index is -0.799. The van der Waals surface area contributed by atoms with Gasteiger partial charge < -0.3 is 10.4 Å². The second-order valence-corrected chi connectivity index (χ2v) is 6.79.